The van der Waals surface area contributed by atoms with Gasteiger partial charge in [0.15, 0.2) is 12.4 Å². The lowest BCUT2D eigenvalue weighted by molar-refractivity contribution is -0.305. The van der Waals surface area contributed by atoms with Gasteiger partial charge in [-0.1, -0.05) is 155 Å². The zero-order valence-corrected chi connectivity index (χ0v) is 31.2. The van der Waals surface area contributed by atoms with Crippen molar-refractivity contribution in [1.82, 2.24) is 0 Å². The zero-order valence-electron chi connectivity index (χ0n) is 31.2. The standard InChI is InChI=1S/C39H74O10/c1-3-5-7-9-11-12-13-14-15-16-17-18-19-20-22-24-26-28-35(42)48-32(30-46-34(41)27-25-23-21-10-8-6-4-2)31-47-39-38(45)37(44)36(43)33(29-40)49-39/h32-33,36-40,43-45H,3-31H2,1-2H3/t32-,33+,36-,37?,38?,39+/m1/s1. The smallest absolute Gasteiger partial charge is 0.306 e. The molecule has 1 heterocycles. The van der Waals surface area contributed by atoms with E-state index in [4.69, 9.17) is 18.9 Å². The first-order valence-corrected chi connectivity index (χ1v) is 20.1. The van der Waals surface area contributed by atoms with Gasteiger partial charge in [-0.2, -0.15) is 0 Å². The summed E-state index contributed by atoms with van der Waals surface area (Å²) in [5, 5.41) is 39.8. The molecule has 0 aromatic carbocycles. The summed E-state index contributed by atoms with van der Waals surface area (Å²) in [6.45, 7) is 3.38. The van der Waals surface area contributed by atoms with Crippen molar-refractivity contribution >= 4 is 11.9 Å². The number of rotatable bonds is 33. The highest BCUT2D eigenvalue weighted by atomic mass is 16.7. The molecule has 0 bridgehead atoms. The van der Waals surface area contributed by atoms with Crippen molar-refractivity contribution in [2.24, 2.45) is 0 Å². The van der Waals surface area contributed by atoms with Crippen molar-refractivity contribution in [2.45, 2.75) is 218 Å². The first-order chi connectivity index (χ1) is 23.8. The number of esters is 2. The molecule has 10 heteroatoms. The summed E-state index contributed by atoms with van der Waals surface area (Å²) in [5.41, 5.74) is 0. The van der Waals surface area contributed by atoms with Crippen LogP contribution in [0.15, 0.2) is 0 Å². The van der Waals surface area contributed by atoms with Gasteiger partial charge in [0, 0.05) is 12.8 Å². The normalized spacial score (nSPS) is 21.5. The van der Waals surface area contributed by atoms with E-state index in [1.54, 1.807) is 0 Å². The lowest BCUT2D eigenvalue weighted by Crippen LogP contribution is -2.59. The van der Waals surface area contributed by atoms with E-state index in [0.29, 0.717) is 6.42 Å². The third-order valence-corrected chi connectivity index (χ3v) is 9.49. The summed E-state index contributed by atoms with van der Waals surface area (Å²) >= 11 is 0. The molecule has 0 aliphatic carbocycles. The molecular weight excluding hydrogens is 628 g/mol. The van der Waals surface area contributed by atoms with E-state index < -0.39 is 49.4 Å². The van der Waals surface area contributed by atoms with Crippen LogP contribution >= 0.6 is 0 Å². The van der Waals surface area contributed by atoms with Gasteiger partial charge in [-0.3, -0.25) is 9.59 Å². The number of unbranched alkanes of at least 4 members (excludes halogenated alkanes) is 22. The Hall–Kier alpha value is -1.30. The molecule has 0 aromatic rings. The molecule has 0 radical (unpaired) electrons. The van der Waals surface area contributed by atoms with Crippen LogP contribution in [0, 0.1) is 0 Å². The molecule has 10 nitrogen and oxygen atoms in total. The first-order valence-electron chi connectivity index (χ1n) is 20.1. The fourth-order valence-electron chi connectivity index (χ4n) is 6.25. The van der Waals surface area contributed by atoms with Crippen molar-refractivity contribution in [3.05, 3.63) is 0 Å². The Labute approximate surface area is 298 Å². The van der Waals surface area contributed by atoms with E-state index in [1.165, 1.54) is 103 Å². The van der Waals surface area contributed by atoms with Crippen LogP contribution in [0.1, 0.15) is 181 Å². The summed E-state index contributed by atoms with van der Waals surface area (Å²) in [6, 6.07) is 0. The SMILES string of the molecule is CCCCCCCCCCCCCCCCCCCC(=O)O[C@H](COC(=O)CCCCCCCCC)CO[C@H]1O[C@@H](CO)[C@@H](O)C(O)C1O. The van der Waals surface area contributed by atoms with Gasteiger partial charge in [0.05, 0.1) is 13.2 Å². The third-order valence-electron chi connectivity index (χ3n) is 9.49. The van der Waals surface area contributed by atoms with Crippen LogP contribution in [0.5, 0.6) is 0 Å². The van der Waals surface area contributed by atoms with Gasteiger partial charge in [0.1, 0.15) is 31.0 Å². The minimum atomic E-state index is -1.59. The predicted molar refractivity (Wildman–Crippen MR) is 192 cm³/mol. The monoisotopic (exact) mass is 703 g/mol. The molecule has 2 unspecified atom stereocenters. The molecule has 1 fully saturated rings. The number of hydrogen-bond donors (Lipinski definition) is 4. The van der Waals surface area contributed by atoms with Crippen molar-refractivity contribution < 1.29 is 49.0 Å². The lowest BCUT2D eigenvalue weighted by Gasteiger charge is -2.39. The second-order valence-electron chi connectivity index (χ2n) is 14.1. The largest absolute Gasteiger partial charge is 0.462 e. The molecule has 1 aliphatic heterocycles. The Balaban J connectivity index is 2.31. The van der Waals surface area contributed by atoms with Gasteiger partial charge in [0.2, 0.25) is 0 Å². The summed E-state index contributed by atoms with van der Waals surface area (Å²) in [4.78, 5) is 25.1. The maximum atomic E-state index is 12.7. The highest BCUT2D eigenvalue weighted by molar-refractivity contribution is 5.70. The van der Waals surface area contributed by atoms with Gasteiger partial charge in [-0.15, -0.1) is 0 Å². The van der Waals surface area contributed by atoms with Crippen molar-refractivity contribution in [2.75, 3.05) is 19.8 Å². The van der Waals surface area contributed by atoms with Crippen LogP contribution in [0.25, 0.3) is 0 Å². The molecular formula is C39H74O10. The minimum Gasteiger partial charge on any atom is -0.462 e. The molecule has 1 saturated heterocycles. The van der Waals surface area contributed by atoms with E-state index in [1.807, 2.05) is 0 Å². The molecule has 0 amide bonds. The summed E-state index contributed by atoms with van der Waals surface area (Å²) in [7, 11) is 0. The van der Waals surface area contributed by atoms with Crippen LogP contribution in [-0.4, -0.2) is 89.0 Å². The Morgan fingerprint density at radius 1 is 0.551 bits per heavy atom. The topological polar surface area (TPSA) is 152 Å². The number of ether oxygens (including phenoxy) is 4. The predicted octanol–water partition coefficient (Wildman–Crippen LogP) is 7.44. The van der Waals surface area contributed by atoms with Crippen LogP contribution in [-0.2, 0) is 28.5 Å². The number of carbonyl (C=O) groups excluding carboxylic acids is 2. The molecule has 4 N–H and O–H groups in total. The van der Waals surface area contributed by atoms with Gasteiger partial charge < -0.3 is 39.4 Å². The third kappa shape index (κ3) is 23.7. The minimum absolute atomic E-state index is 0.211. The average molecular weight is 703 g/mol. The second-order valence-corrected chi connectivity index (χ2v) is 14.1. The Bertz CT molecular complexity index is 779. The number of aliphatic hydroxyl groups excluding tert-OH is 4. The Morgan fingerprint density at radius 2 is 0.959 bits per heavy atom. The fourth-order valence-corrected chi connectivity index (χ4v) is 6.25. The van der Waals surface area contributed by atoms with E-state index in [2.05, 4.69) is 13.8 Å². The Morgan fingerprint density at radius 3 is 1.39 bits per heavy atom. The molecule has 0 saturated carbocycles. The van der Waals surface area contributed by atoms with Gasteiger partial charge in [-0.05, 0) is 12.8 Å². The maximum absolute atomic E-state index is 12.7. The number of hydrogen-bond acceptors (Lipinski definition) is 10. The highest BCUT2D eigenvalue weighted by Gasteiger charge is 2.44. The van der Waals surface area contributed by atoms with E-state index in [0.717, 1.165) is 44.9 Å². The van der Waals surface area contributed by atoms with Crippen LogP contribution in [0.3, 0.4) is 0 Å². The van der Waals surface area contributed by atoms with Gasteiger partial charge in [0.25, 0.3) is 0 Å². The molecule has 1 aliphatic rings. The summed E-state index contributed by atoms with van der Waals surface area (Å²) in [5.74, 6) is -0.804. The first kappa shape index (κ1) is 45.7. The van der Waals surface area contributed by atoms with Crippen LogP contribution in [0.4, 0.5) is 0 Å². The van der Waals surface area contributed by atoms with Crippen molar-refractivity contribution in [1.29, 1.82) is 0 Å². The van der Waals surface area contributed by atoms with Crippen LogP contribution < -0.4 is 0 Å². The number of aliphatic hydroxyl groups is 4. The van der Waals surface area contributed by atoms with E-state index >= 15 is 0 Å². The van der Waals surface area contributed by atoms with Crippen molar-refractivity contribution in [3.63, 3.8) is 0 Å². The lowest BCUT2D eigenvalue weighted by atomic mass is 9.99. The Kier molecular flexibility index (Phi) is 29.3. The van der Waals surface area contributed by atoms with E-state index in [-0.39, 0.29) is 32.0 Å². The highest BCUT2D eigenvalue weighted by Crippen LogP contribution is 2.22. The van der Waals surface area contributed by atoms with E-state index in [9.17, 15) is 30.0 Å². The van der Waals surface area contributed by atoms with Crippen molar-refractivity contribution in [3.8, 4) is 0 Å². The molecule has 49 heavy (non-hydrogen) atoms. The summed E-state index contributed by atoms with van der Waals surface area (Å²) < 4.78 is 22.0. The van der Waals surface area contributed by atoms with Gasteiger partial charge in [-0.25, -0.2) is 0 Å². The molecule has 0 aromatic heterocycles. The number of carbonyl (C=O) groups is 2. The quantitative estimate of drug-likeness (QED) is 0.0401. The molecule has 1 rings (SSSR count). The average Bonchev–Trinajstić information content (AvgIpc) is 3.10. The zero-order chi connectivity index (χ0) is 36.0. The van der Waals surface area contributed by atoms with Crippen LogP contribution in [0.2, 0.25) is 0 Å². The van der Waals surface area contributed by atoms with Gasteiger partial charge >= 0.3 is 11.9 Å². The fraction of sp³-hybridized carbons (Fsp3) is 0.949. The molecule has 6 atom stereocenters. The molecule has 290 valence electrons. The maximum Gasteiger partial charge on any atom is 0.306 e. The second kappa shape index (κ2) is 31.4. The molecule has 0 spiro atoms. The summed E-state index contributed by atoms with van der Waals surface area (Å²) in [6.07, 6.45) is 21.4.